The van der Waals surface area contributed by atoms with Gasteiger partial charge < -0.3 is 15.4 Å². The van der Waals surface area contributed by atoms with E-state index in [0.29, 0.717) is 13.0 Å². The average molecular weight is 367 g/mol. The molecule has 2 N–H and O–H groups in total. The van der Waals surface area contributed by atoms with E-state index in [-0.39, 0.29) is 24.4 Å². The Kier molecular flexibility index (Phi) is 9.36. The zero-order valence-corrected chi connectivity index (χ0v) is 15.0. The van der Waals surface area contributed by atoms with Crippen LogP contribution in [0.4, 0.5) is 0 Å². The highest BCUT2D eigenvalue weighted by Gasteiger charge is 2.22. The monoisotopic (exact) mass is 366 g/mol. The third-order valence-electron chi connectivity index (χ3n) is 3.70. The first-order valence-electron chi connectivity index (χ1n) is 7.51. The molecule has 7 heteroatoms. The molecule has 0 aromatic carbocycles. The van der Waals surface area contributed by atoms with Crippen LogP contribution in [0.15, 0.2) is 11.4 Å². The van der Waals surface area contributed by atoms with E-state index < -0.39 is 0 Å². The molecule has 1 aliphatic heterocycles. The quantitative estimate of drug-likeness (QED) is 0.754. The molecule has 1 aromatic rings. The molecule has 0 saturated carbocycles. The largest absolute Gasteiger partial charge is 0.378 e. The van der Waals surface area contributed by atoms with Gasteiger partial charge in [0.1, 0.15) is 0 Å². The molecular weight excluding hydrogens is 343 g/mol. The third kappa shape index (κ3) is 6.42. The van der Waals surface area contributed by atoms with Gasteiger partial charge in [-0.15, -0.1) is 23.7 Å². The number of nitrogens with zero attached hydrogens (tertiary/aromatic N) is 1. The molecule has 0 bridgehead atoms. The zero-order valence-electron chi connectivity index (χ0n) is 12.6. The van der Waals surface area contributed by atoms with Gasteiger partial charge in [0.05, 0.1) is 11.1 Å². The summed E-state index contributed by atoms with van der Waals surface area (Å²) in [5.41, 5.74) is 5.45. The summed E-state index contributed by atoms with van der Waals surface area (Å²) < 4.78 is 5.75. The number of ether oxygens (including phenoxy) is 1. The second-order valence-electron chi connectivity index (χ2n) is 5.32. The SMILES string of the molecule is Cl.NCCCOC1CCN(C(=O)CCc2cc(Cl)cs2)CC1. The molecule has 126 valence electrons. The number of halogens is 2. The normalized spacial score (nSPS) is 15.6. The number of rotatable bonds is 7. The lowest BCUT2D eigenvalue weighted by atomic mass is 10.1. The fraction of sp³-hybridized carbons (Fsp3) is 0.667. The molecule has 1 aromatic heterocycles. The number of amides is 1. The summed E-state index contributed by atoms with van der Waals surface area (Å²) in [5, 5.41) is 2.67. The van der Waals surface area contributed by atoms with E-state index in [2.05, 4.69) is 0 Å². The van der Waals surface area contributed by atoms with Crippen LogP contribution in [-0.4, -0.2) is 43.2 Å². The van der Waals surface area contributed by atoms with E-state index in [1.165, 1.54) is 4.88 Å². The van der Waals surface area contributed by atoms with Crippen LogP contribution in [0.3, 0.4) is 0 Å². The van der Waals surface area contributed by atoms with Gasteiger partial charge in [-0.25, -0.2) is 0 Å². The molecule has 0 aliphatic carbocycles. The fourth-order valence-electron chi connectivity index (χ4n) is 2.48. The van der Waals surface area contributed by atoms with Crippen LogP contribution in [0.5, 0.6) is 0 Å². The molecule has 1 fully saturated rings. The van der Waals surface area contributed by atoms with Crippen molar-refractivity contribution in [3.8, 4) is 0 Å². The van der Waals surface area contributed by atoms with Crippen molar-refractivity contribution in [2.24, 2.45) is 5.73 Å². The summed E-state index contributed by atoms with van der Waals surface area (Å²) in [6.07, 6.45) is 4.40. The van der Waals surface area contributed by atoms with Gasteiger partial charge >= 0.3 is 0 Å². The summed E-state index contributed by atoms with van der Waals surface area (Å²) in [6.45, 7) is 3.01. The second kappa shape index (κ2) is 10.4. The molecule has 0 spiro atoms. The number of carbonyl (C=O) groups is 1. The van der Waals surface area contributed by atoms with Crippen molar-refractivity contribution in [3.05, 3.63) is 21.3 Å². The van der Waals surface area contributed by atoms with Gasteiger partial charge in [0.25, 0.3) is 0 Å². The van der Waals surface area contributed by atoms with Crippen molar-refractivity contribution in [2.45, 2.75) is 38.2 Å². The molecule has 1 aliphatic rings. The van der Waals surface area contributed by atoms with Gasteiger partial charge in [-0.3, -0.25) is 4.79 Å². The molecule has 4 nitrogen and oxygen atoms in total. The van der Waals surface area contributed by atoms with Gasteiger partial charge in [-0.2, -0.15) is 0 Å². The Hall–Kier alpha value is -0.330. The van der Waals surface area contributed by atoms with Gasteiger partial charge in [-0.1, -0.05) is 11.6 Å². The summed E-state index contributed by atoms with van der Waals surface area (Å²) >= 11 is 7.50. The van der Waals surface area contributed by atoms with Crippen molar-refractivity contribution in [1.29, 1.82) is 0 Å². The highest BCUT2D eigenvalue weighted by Crippen LogP contribution is 2.21. The predicted molar refractivity (Wildman–Crippen MR) is 94.1 cm³/mol. The maximum atomic E-state index is 12.2. The second-order valence-corrected chi connectivity index (χ2v) is 6.76. The molecule has 0 radical (unpaired) electrons. The number of aryl methyl sites for hydroxylation is 1. The molecule has 1 amide bonds. The van der Waals surface area contributed by atoms with Crippen LogP contribution in [-0.2, 0) is 16.0 Å². The highest BCUT2D eigenvalue weighted by molar-refractivity contribution is 7.10. The maximum absolute atomic E-state index is 12.2. The minimum Gasteiger partial charge on any atom is -0.378 e. The van der Waals surface area contributed by atoms with Crippen LogP contribution in [0.2, 0.25) is 5.02 Å². The van der Waals surface area contributed by atoms with Crippen LogP contribution in [0.1, 0.15) is 30.6 Å². The predicted octanol–water partition coefficient (Wildman–Crippen LogP) is 3.11. The van der Waals surface area contributed by atoms with Crippen molar-refractivity contribution >= 4 is 41.3 Å². The van der Waals surface area contributed by atoms with E-state index in [4.69, 9.17) is 22.1 Å². The minimum atomic E-state index is 0. The van der Waals surface area contributed by atoms with E-state index in [9.17, 15) is 4.79 Å². The number of hydrogen-bond donors (Lipinski definition) is 1. The van der Waals surface area contributed by atoms with E-state index in [1.54, 1.807) is 11.3 Å². The van der Waals surface area contributed by atoms with Gasteiger partial charge in [0.2, 0.25) is 5.91 Å². The van der Waals surface area contributed by atoms with Crippen molar-refractivity contribution in [3.63, 3.8) is 0 Å². The Bertz CT molecular complexity index is 449. The first-order chi connectivity index (χ1) is 10.2. The lowest BCUT2D eigenvalue weighted by Gasteiger charge is -2.32. The smallest absolute Gasteiger partial charge is 0.222 e. The Morgan fingerprint density at radius 3 is 2.77 bits per heavy atom. The van der Waals surface area contributed by atoms with Crippen molar-refractivity contribution < 1.29 is 9.53 Å². The summed E-state index contributed by atoms with van der Waals surface area (Å²) in [7, 11) is 0. The van der Waals surface area contributed by atoms with Crippen LogP contribution in [0.25, 0.3) is 0 Å². The first kappa shape index (κ1) is 19.7. The molecule has 2 rings (SSSR count). The lowest BCUT2D eigenvalue weighted by Crippen LogP contribution is -2.41. The molecular formula is C15H24Cl2N2O2S. The van der Waals surface area contributed by atoms with Crippen LogP contribution in [0, 0.1) is 0 Å². The molecule has 2 heterocycles. The number of carbonyl (C=O) groups excluding carboxylic acids is 1. The van der Waals surface area contributed by atoms with Crippen LogP contribution < -0.4 is 5.73 Å². The van der Waals surface area contributed by atoms with Gasteiger partial charge in [0, 0.05) is 36.4 Å². The number of likely N-dealkylation sites (tertiary alicyclic amines) is 1. The van der Waals surface area contributed by atoms with E-state index in [0.717, 1.165) is 50.4 Å². The van der Waals surface area contributed by atoms with Crippen LogP contribution >= 0.6 is 35.3 Å². The molecule has 22 heavy (non-hydrogen) atoms. The Morgan fingerprint density at radius 1 is 1.45 bits per heavy atom. The Labute approximate surface area is 147 Å². The number of thiophene rings is 1. The lowest BCUT2D eigenvalue weighted by molar-refractivity contribution is -0.133. The Balaban J connectivity index is 0.00000242. The number of nitrogens with two attached hydrogens (primary N) is 1. The Morgan fingerprint density at radius 2 is 2.18 bits per heavy atom. The van der Waals surface area contributed by atoms with Gasteiger partial charge in [-0.05, 0) is 38.3 Å². The van der Waals surface area contributed by atoms with Crippen molar-refractivity contribution in [2.75, 3.05) is 26.2 Å². The number of piperidine rings is 1. The number of hydrogen-bond acceptors (Lipinski definition) is 4. The summed E-state index contributed by atoms with van der Waals surface area (Å²) in [5.74, 6) is 0.236. The third-order valence-corrected chi connectivity index (χ3v) is 5.05. The average Bonchev–Trinajstić information content (AvgIpc) is 2.91. The summed E-state index contributed by atoms with van der Waals surface area (Å²) in [4.78, 5) is 15.3. The van der Waals surface area contributed by atoms with Gasteiger partial charge in [0.15, 0.2) is 0 Å². The van der Waals surface area contributed by atoms with Crippen molar-refractivity contribution in [1.82, 2.24) is 4.90 Å². The first-order valence-corrected chi connectivity index (χ1v) is 8.77. The van der Waals surface area contributed by atoms with E-state index >= 15 is 0 Å². The highest BCUT2D eigenvalue weighted by atomic mass is 35.5. The summed E-state index contributed by atoms with van der Waals surface area (Å²) in [6, 6.07) is 1.94. The minimum absolute atomic E-state index is 0. The topological polar surface area (TPSA) is 55.6 Å². The fourth-order valence-corrected chi connectivity index (χ4v) is 3.56. The standard InChI is InChI=1S/C15H23ClN2O2S.ClH/c16-12-10-14(21-11-12)2-3-15(19)18-7-4-13(5-8-18)20-9-1-6-17;/h10-11,13H,1-9,17H2;1H. The molecule has 0 atom stereocenters. The maximum Gasteiger partial charge on any atom is 0.222 e. The molecule has 1 saturated heterocycles. The van der Waals surface area contributed by atoms with E-state index in [1.807, 2.05) is 16.3 Å². The zero-order chi connectivity index (χ0) is 15.1. The molecule has 0 unspecified atom stereocenters.